The number of hydrogen-bond acceptors (Lipinski definition) is 8. The Bertz CT molecular complexity index is 1130. The molecule has 6 rings (SSSR count). The number of anilines is 1. The highest BCUT2D eigenvalue weighted by Gasteiger charge is 2.58. The summed E-state index contributed by atoms with van der Waals surface area (Å²) >= 11 is 0. The highest BCUT2D eigenvalue weighted by atomic mass is 16.4. The van der Waals surface area contributed by atoms with Crippen molar-refractivity contribution in [3.63, 3.8) is 0 Å². The van der Waals surface area contributed by atoms with Gasteiger partial charge in [-0.2, -0.15) is 10.5 Å². The van der Waals surface area contributed by atoms with Crippen LogP contribution in [0, 0.1) is 46.3 Å². The van der Waals surface area contributed by atoms with Gasteiger partial charge in [-0.05, 0) is 93.8 Å². The number of pyridine rings is 1. The molecule has 0 radical (unpaired) electrons. The van der Waals surface area contributed by atoms with E-state index in [-0.39, 0.29) is 11.4 Å². The van der Waals surface area contributed by atoms with Gasteiger partial charge >= 0.3 is 11.9 Å². The van der Waals surface area contributed by atoms with Crippen molar-refractivity contribution < 1.29 is 24.6 Å². The molecule has 4 aliphatic carbocycles. The SMILES string of the molecule is N#Cc1ccc(NCC2(NC(=O)[C@H](C#N)N3CCCC3)C3CC4CC(C3)CC2C4)nc1.O=C(O)C=CC(=O)O. The maximum Gasteiger partial charge on any atom is 0.328 e. The molecule has 1 amide bonds. The first-order valence-electron chi connectivity index (χ1n) is 13.4. The second-order valence-corrected chi connectivity index (χ2v) is 11.0. The lowest BCUT2D eigenvalue weighted by atomic mass is 9.48. The number of carbonyl (C=O) groups is 3. The zero-order valence-electron chi connectivity index (χ0n) is 21.8. The van der Waals surface area contributed by atoms with Gasteiger partial charge in [0.15, 0.2) is 6.04 Å². The van der Waals surface area contributed by atoms with E-state index in [9.17, 15) is 19.6 Å². The Balaban J connectivity index is 0.000000386. The smallest absolute Gasteiger partial charge is 0.328 e. The number of hydrogen-bond donors (Lipinski definition) is 4. The Morgan fingerprint density at radius 2 is 1.62 bits per heavy atom. The van der Waals surface area contributed by atoms with E-state index in [1.54, 1.807) is 12.3 Å². The summed E-state index contributed by atoms with van der Waals surface area (Å²) in [6, 6.07) is 7.25. The fourth-order valence-electron chi connectivity index (χ4n) is 7.11. The van der Waals surface area contributed by atoms with Gasteiger partial charge in [-0.1, -0.05) is 0 Å². The van der Waals surface area contributed by atoms with Crippen LogP contribution >= 0.6 is 0 Å². The number of aromatic nitrogens is 1. The number of aliphatic carboxylic acids is 2. The van der Waals surface area contributed by atoms with E-state index < -0.39 is 18.0 Å². The van der Waals surface area contributed by atoms with Crippen LogP contribution in [0.2, 0.25) is 0 Å². The second kappa shape index (κ2) is 12.3. The lowest BCUT2D eigenvalue weighted by Gasteiger charge is -2.61. The fraction of sp³-hybridized carbons (Fsp3) is 0.571. The molecule has 5 aliphatic rings. The van der Waals surface area contributed by atoms with Crippen molar-refractivity contribution in [3.8, 4) is 12.1 Å². The van der Waals surface area contributed by atoms with Crippen LogP contribution < -0.4 is 10.6 Å². The zero-order chi connectivity index (χ0) is 28.0. The topological polar surface area (TPSA) is 179 Å². The standard InChI is InChI=1S/C24H30N6O.C4H4O4/c25-12-16-3-4-22(27-14-16)28-15-24(19-8-17-7-18(10-19)11-20(24)9-17)29-23(31)21(13-26)30-5-1-2-6-30;5-3(6)1-2-4(7)8/h3-4,14,17-21H,1-2,5-11,15H2,(H,27,28)(H,29,31);1-2H,(H,5,6)(H,7,8)/t17?,18?,19?,20?,21-,24?;/m0./s1. The molecule has 5 fully saturated rings. The molecule has 11 heteroatoms. The molecule has 0 spiro atoms. The van der Waals surface area contributed by atoms with Gasteiger partial charge in [0.05, 0.1) is 17.2 Å². The van der Waals surface area contributed by atoms with Crippen molar-refractivity contribution in [2.45, 2.75) is 56.5 Å². The number of rotatable bonds is 8. The number of amides is 1. The third kappa shape index (κ3) is 6.55. The van der Waals surface area contributed by atoms with Gasteiger partial charge in [0.2, 0.25) is 0 Å². The minimum Gasteiger partial charge on any atom is -0.478 e. The van der Waals surface area contributed by atoms with Crippen molar-refractivity contribution in [2.24, 2.45) is 23.7 Å². The Morgan fingerprint density at radius 1 is 1.03 bits per heavy atom. The first-order valence-corrected chi connectivity index (χ1v) is 13.4. The molecular weight excluding hydrogens is 500 g/mol. The van der Waals surface area contributed by atoms with Gasteiger partial charge in [-0.25, -0.2) is 14.6 Å². The van der Waals surface area contributed by atoms with Crippen molar-refractivity contribution in [1.29, 1.82) is 10.5 Å². The van der Waals surface area contributed by atoms with Crippen LogP contribution in [-0.4, -0.2) is 69.2 Å². The van der Waals surface area contributed by atoms with Gasteiger partial charge in [0, 0.05) is 24.9 Å². The summed E-state index contributed by atoms with van der Waals surface area (Å²) in [5, 5.41) is 41.3. The summed E-state index contributed by atoms with van der Waals surface area (Å²) < 4.78 is 0. The molecule has 4 saturated carbocycles. The van der Waals surface area contributed by atoms with E-state index in [1.807, 2.05) is 11.0 Å². The van der Waals surface area contributed by atoms with Gasteiger partial charge in [0.1, 0.15) is 11.9 Å². The van der Waals surface area contributed by atoms with E-state index >= 15 is 0 Å². The van der Waals surface area contributed by atoms with Gasteiger partial charge < -0.3 is 20.8 Å². The Kier molecular flexibility index (Phi) is 8.82. The number of carboxylic acids is 2. The maximum atomic E-state index is 13.4. The molecule has 1 aromatic rings. The van der Waals surface area contributed by atoms with E-state index in [4.69, 9.17) is 15.5 Å². The number of nitrogens with one attached hydrogen (secondary N) is 2. The van der Waals surface area contributed by atoms with Crippen LogP contribution in [-0.2, 0) is 14.4 Å². The predicted molar refractivity (Wildman–Crippen MR) is 140 cm³/mol. The lowest BCUT2D eigenvalue weighted by Crippen LogP contribution is -2.70. The highest BCUT2D eigenvalue weighted by Crippen LogP contribution is 2.58. The molecular formula is C28H34N6O5. The Morgan fingerprint density at radius 3 is 2.08 bits per heavy atom. The van der Waals surface area contributed by atoms with Crippen molar-refractivity contribution in [1.82, 2.24) is 15.2 Å². The number of likely N-dealkylation sites (tertiary alicyclic amines) is 1. The molecule has 206 valence electrons. The summed E-state index contributed by atoms with van der Waals surface area (Å²) in [5.74, 6) is 0.522. The van der Waals surface area contributed by atoms with Crippen molar-refractivity contribution >= 4 is 23.7 Å². The molecule has 4 N–H and O–H groups in total. The third-order valence-corrected chi connectivity index (χ3v) is 8.65. The van der Waals surface area contributed by atoms with Gasteiger partial charge in [-0.15, -0.1) is 0 Å². The molecule has 1 saturated heterocycles. The Hall–Kier alpha value is -3.96. The van der Waals surface area contributed by atoms with Crippen LogP contribution in [0.4, 0.5) is 5.82 Å². The van der Waals surface area contributed by atoms with Gasteiger partial charge in [0.25, 0.3) is 5.91 Å². The van der Waals surface area contributed by atoms with Crippen molar-refractivity contribution in [2.75, 3.05) is 25.0 Å². The van der Waals surface area contributed by atoms with E-state index in [2.05, 4.69) is 27.8 Å². The predicted octanol–water partition coefficient (Wildman–Crippen LogP) is 2.38. The first kappa shape index (κ1) is 28.1. The summed E-state index contributed by atoms with van der Waals surface area (Å²) in [6.07, 6.45) is 10.8. The molecule has 39 heavy (non-hydrogen) atoms. The van der Waals surface area contributed by atoms with Gasteiger partial charge in [-0.3, -0.25) is 9.69 Å². The molecule has 2 heterocycles. The molecule has 0 aromatic carbocycles. The average molecular weight is 535 g/mol. The summed E-state index contributed by atoms with van der Waals surface area (Å²) in [5.41, 5.74) is 0.195. The molecule has 1 aromatic heterocycles. The normalized spacial score (nSPS) is 29.5. The summed E-state index contributed by atoms with van der Waals surface area (Å²) in [6.45, 7) is 2.26. The quantitative estimate of drug-likeness (QED) is 0.362. The van der Waals surface area contributed by atoms with Crippen LogP contribution in [0.3, 0.4) is 0 Å². The summed E-state index contributed by atoms with van der Waals surface area (Å²) in [4.78, 5) is 38.9. The molecule has 1 aliphatic heterocycles. The van der Waals surface area contributed by atoms with Crippen LogP contribution in [0.15, 0.2) is 30.5 Å². The maximum absolute atomic E-state index is 13.4. The lowest BCUT2D eigenvalue weighted by molar-refractivity contribution is -0.134. The van der Waals surface area contributed by atoms with E-state index in [0.717, 1.165) is 69.3 Å². The summed E-state index contributed by atoms with van der Waals surface area (Å²) in [7, 11) is 0. The first-order chi connectivity index (χ1) is 18.7. The molecule has 11 nitrogen and oxygen atoms in total. The molecule has 0 unspecified atom stereocenters. The monoisotopic (exact) mass is 534 g/mol. The van der Waals surface area contributed by atoms with Crippen LogP contribution in [0.25, 0.3) is 0 Å². The van der Waals surface area contributed by atoms with E-state index in [0.29, 0.717) is 36.1 Å². The molecule has 4 bridgehead atoms. The number of carbonyl (C=O) groups excluding carboxylic acids is 1. The minimum atomic E-state index is -1.26. The highest BCUT2D eigenvalue weighted by molar-refractivity contribution is 5.89. The Labute approximate surface area is 227 Å². The second-order valence-electron chi connectivity index (χ2n) is 11.0. The largest absolute Gasteiger partial charge is 0.478 e. The van der Waals surface area contributed by atoms with Crippen LogP contribution in [0.1, 0.15) is 50.5 Å². The number of carboxylic acid groups (broad SMARTS) is 2. The number of nitriles is 2. The average Bonchev–Trinajstić information content (AvgIpc) is 3.44. The molecule has 1 atom stereocenters. The third-order valence-electron chi connectivity index (χ3n) is 8.65. The minimum absolute atomic E-state index is 0.133. The van der Waals surface area contributed by atoms with Crippen molar-refractivity contribution in [3.05, 3.63) is 36.0 Å². The van der Waals surface area contributed by atoms with E-state index in [1.165, 1.54) is 6.42 Å². The fourth-order valence-corrected chi connectivity index (χ4v) is 7.11. The van der Waals surface area contributed by atoms with Crippen LogP contribution in [0.5, 0.6) is 0 Å². The zero-order valence-corrected chi connectivity index (χ0v) is 21.8. The number of nitrogens with zero attached hydrogens (tertiary/aromatic N) is 4.